The molecule has 1 aliphatic carbocycles. The topological polar surface area (TPSA) is 68.0 Å². The largest absolute Gasteiger partial charge is 0.327 e. The lowest BCUT2D eigenvalue weighted by molar-refractivity contribution is -0.117. The third-order valence-corrected chi connectivity index (χ3v) is 3.61. The molecule has 1 fully saturated rings. The number of nitrogens with two attached hydrogens (primary N) is 1. The van der Waals surface area contributed by atoms with Crippen molar-refractivity contribution in [1.82, 2.24) is 4.98 Å². The van der Waals surface area contributed by atoms with E-state index in [0.29, 0.717) is 12.3 Å². The van der Waals surface area contributed by atoms with Crippen LogP contribution in [0.2, 0.25) is 0 Å². The summed E-state index contributed by atoms with van der Waals surface area (Å²) in [7, 11) is 0. The lowest BCUT2D eigenvalue weighted by Crippen LogP contribution is -2.35. The molecule has 0 aromatic carbocycles. The highest BCUT2D eigenvalue weighted by Crippen LogP contribution is 2.25. The molecule has 1 aromatic rings. The smallest absolute Gasteiger partial charge is 0.224 e. The van der Waals surface area contributed by atoms with Crippen molar-refractivity contribution in [2.45, 2.75) is 45.1 Å². The Labute approximate surface area is 108 Å². The highest BCUT2D eigenvalue weighted by Gasteiger charge is 2.24. The van der Waals surface area contributed by atoms with E-state index in [4.69, 9.17) is 5.73 Å². The maximum atomic E-state index is 11.9. The molecule has 18 heavy (non-hydrogen) atoms. The second-order valence-electron chi connectivity index (χ2n) is 5.15. The van der Waals surface area contributed by atoms with Crippen molar-refractivity contribution in [2.24, 2.45) is 11.7 Å². The molecule has 2 unspecified atom stereocenters. The van der Waals surface area contributed by atoms with Gasteiger partial charge in [0.15, 0.2) is 0 Å². The number of rotatable bonds is 3. The van der Waals surface area contributed by atoms with Crippen LogP contribution in [0.15, 0.2) is 18.3 Å². The SMILES string of the molecule is Cc1ccc(NC(=O)CC2CCCCC2N)cn1. The van der Waals surface area contributed by atoms with Crippen molar-refractivity contribution in [3.63, 3.8) is 0 Å². The zero-order valence-electron chi connectivity index (χ0n) is 10.9. The predicted molar refractivity (Wildman–Crippen MR) is 72.2 cm³/mol. The molecular formula is C14H21N3O. The number of aryl methyl sites for hydroxylation is 1. The summed E-state index contributed by atoms with van der Waals surface area (Å²) in [5, 5.41) is 2.88. The number of amides is 1. The lowest BCUT2D eigenvalue weighted by atomic mass is 9.83. The number of hydrogen-bond donors (Lipinski definition) is 2. The summed E-state index contributed by atoms with van der Waals surface area (Å²) in [5.74, 6) is 0.375. The molecule has 1 aliphatic rings. The molecule has 1 heterocycles. The van der Waals surface area contributed by atoms with Gasteiger partial charge in [-0.15, -0.1) is 0 Å². The van der Waals surface area contributed by atoms with Gasteiger partial charge in [0, 0.05) is 18.2 Å². The van der Waals surface area contributed by atoms with Gasteiger partial charge in [-0.1, -0.05) is 12.8 Å². The number of nitrogens with zero attached hydrogens (tertiary/aromatic N) is 1. The second-order valence-corrected chi connectivity index (χ2v) is 5.15. The maximum absolute atomic E-state index is 11.9. The molecule has 2 atom stereocenters. The number of carbonyl (C=O) groups is 1. The van der Waals surface area contributed by atoms with Crippen LogP contribution >= 0.6 is 0 Å². The Bertz CT molecular complexity index is 402. The Morgan fingerprint density at radius 2 is 2.22 bits per heavy atom. The van der Waals surface area contributed by atoms with E-state index < -0.39 is 0 Å². The Morgan fingerprint density at radius 3 is 2.89 bits per heavy atom. The van der Waals surface area contributed by atoms with Crippen molar-refractivity contribution in [2.75, 3.05) is 5.32 Å². The van der Waals surface area contributed by atoms with E-state index in [2.05, 4.69) is 10.3 Å². The normalized spacial score (nSPS) is 23.7. The molecule has 1 aromatic heterocycles. The van der Waals surface area contributed by atoms with Gasteiger partial charge in [-0.05, 0) is 37.8 Å². The van der Waals surface area contributed by atoms with Gasteiger partial charge in [0.25, 0.3) is 0 Å². The third kappa shape index (κ3) is 3.53. The fourth-order valence-corrected chi connectivity index (χ4v) is 2.48. The van der Waals surface area contributed by atoms with Crippen molar-refractivity contribution < 1.29 is 4.79 Å². The molecule has 0 radical (unpaired) electrons. The van der Waals surface area contributed by atoms with Crippen LogP contribution < -0.4 is 11.1 Å². The minimum atomic E-state index is 0.0444. The maximum Gasteiger partial charge on any atom is 0.224 e. The standard InChI is InChI=1S/C14H21N3O/c1-10-6-7-12(9-16-10)17-14(18)8-11-4-2-3-5-13(11)15/h6-7,9,11,13H,2-5,8,15H2,1H3,(H,17,18). The third-order valence-electron chi connectivity index (χ3n) is 3.61. The van der Waals surface area contributed by atoms with Gasteiger partial charge in [-0.3, -0.25) is 9.78 Å². The summed E-state index contributed by atoms with van der Waals surface area (Å²) < 4.78 is 0. The minimum Gasteiger partial charge on any atom is -0.327 e. The van der Waals surface area contributed by atoms with E-state index in [1.165, 1.54) is 12.8 Å². The molecule has 3 N–H and O–H groups in total. The van der Waals surface area contributed by atoms with Gasteiger partial charge in [0.05, 0.1) is 11.9 Å². The van der Waals surface area contributed by atoms with E-state index in [1.807, 2.05) is 19.1 Å². The van der Waals surface area contributed by atoms with Gasteiger partial charge >= 0.3 is 0 Å². The molecule has 0 spiro atoms. The van der Waals surface area contributed by atoms with Crippen LogP contribution in [-0.4, -0.2) is 16.9 Å². The first-order chi connectivity index (χ1) is 8.65. The Kier molecular flexibility index (Phi) is 4.31. The fourth-order valence-electron chi connectivity index (χ4n) is 2.48. The van der Waals surface area contributed by atoms with Crippen LogP contribution in [0.4, 0.5) is 5.69 Å². The van der Waals surface area contributed by atoms with Gasteiger partial charge < -0.3 is 11.1 Å². The van der Waals surface area contributed by atoms with Crippen LogP contribution in [0.25, 0.3) is 0 Å². The van der Waals surface area contributed by atoms with Crippen LogP contribution in [0.1, 0.15) is 37.8 Å². The average molecular weight is 247 g/mol. The number of carbonyl (C=O) groups excluding carboxylic acids is 1. The van der Waals surface area contributed by atoms with Crippen LogP contribution in [0.5, 0.6) is 0 Å². The lowest BCUT2D eigenvalue weighted by Gasteiger charge is -2.27. The Morgan fingerprint density at radius 1 is 1.44 bits per heavy atom. The van der Waals surface area contributed by atoms with Gasteiger partial charge in [0.1, 0.15) is 0 Å². The highest BCUT2D eigenvalue weighted by molar-refractivity contribution is 5.90. The van der Waals surface area contributed by atoms with Crippen LogP contribution in [0.3, 0.4) is 0 Å². The zero-order chi connectivity index (χ0) is 13.0. The zero-order valence-corrected chi connectivity index (χ0v) is 10.9. The Hall–Kier alpha value is -1.42. The molecule has 98 valence electrons. The highest BCUT2D eigenvalue weighted by atomic mass is 16.1. The first kappa shape index (κ1) is 13.0. The molecule has 0 saturated heterocycles. The summed E-state index contributed by atoms with van der Waals surface area (Å²) >= 11 is 0. The van der Waals surface area contributed by atoms with Crippen molar-refractivity contribution in [1.29, 1.82) is 0 Å². The molecule has 0 aliphatic heterocycles. The number of pyridine rings is 1. The summed E-state index contributed by atoms with van der Waals surface area (Å²) in [6.45, 7) is 1.92. The number of anilines is 1. The van der Waals surface area contributed by atoms with Crippen molar-refractivity contribution >= 4 is 11.6 Å². The monoisotopic (exact) mass is 247 g/mol. The van der Waals surface area contributed by atoms with Gasteiger partial charge in [0.2, 0.25) is 5.91 Å². The summed E-state index contributed by atoms with van der Waals surface area (Å²) in [6, 6.07) is 3.95. The van der Waals surface area contributed by atoms with Crippen LogP contribution in [-0.2, 0) is 4.79 Å². The first-order valence-electron chi connectivity index (χ1n) is 6.63. The molecule has 0 bridgehead atoms. The summed E-state index contributed by atoms with van der Waals surface area (Å²) in [5.41, 5.74) is 7.75. The Balaban J connectivity index is 1.86. The molecular weight excluding hydrogens is 226 g/mol. The molecule has 4 nitrogen and oxygen atoms in total. The van der Waals surface area contributed by atoms with Crippen molar-refractivity contribution in [3.05, 3.63) is 24.0 Å². The summed E-state index contributed by atoms with van der Waals surface area (Å²) in [6.07, 6.45) is 6.72. The van der Waals surface area contributed by atoms with Crippen molar-refractivity contribution in [3.8, 4) is 0 Å². The van der Waals surface area contributed by atoms with Gasteiger partial charge in [-0.25, -0.2) is 0 Å². The first-order valence-corrected chi connectivity index (χ1v) is 6.63. The van der Waals surface area contributed by atoms with Crippen LogP contribution in [0, 0.1) is 12.8 Å². The average Bonchev–Trinajstić information content (AvgIpc) is 2.35. The van der Waals surface area contributed by atoms with E-state index in [-0.39, 0.29) is 11.9 Å². The summed E-state index contributed by atoms with van der Waals surface area (Å²) in [4.78, 5) is 16.1. The number of hydrogen-bond acceptors (Lipinski definition) is 3. The van der Waals surface area contributed by atoms with E-state index >= 15 is 0 Å². The molecule has 4 heteroatoms. The van der Waals surface area contributed by atoms with E-state index in [9.17, 15) is 4.79 Å². The minimum absolute atomic E-state index is 0.0444. The van der Waals surface area contributed by atoms with E-state index in [0.717, 1.165) is 24.2 Å². The predicted octanol–water partition coefficient (Wildman–Crippen LogP) is 2.24. The number of nitrogens with one attached hydrogen (secondary N) is 1. The molecule has 2 rings (SSSR count). The number of aromatic nitrogens is 1. The van der Waals surface area contributed by atoms with E-state index in [1.54, 1.807) is 6.20 Å². The second kappa shape index (κ2) is 5.96. The fraction of sp³-hybridized carbons (Fsp3) is 0.571. The quantitative estimate of drug-likeness (QED) is 0.860. The molecule has 1 amide bonds. The molecule has 1 saturated carbocycles. The van der Waals surface area contributed by atoms with Gasteiger partial charge in [-0.2, -0.15) is 0 Å².